The first-order chi connectivity index (χ1) is 5.41. The highest BCUT2D eigenvalue weighted by atomic mass is 35.5. The average molecular weight is 169 g/mol. The van der Waals surface area contributed by atoms with Crippen LogP contribution in [0.1, 0.15) is 6.42 Å². The molecule has 0 atom stereocenters. The fourth-order valence-corrected chi connectivity index (χ4v) is 0.480. The van der Waals surface area contributed by atoms with E-state index < -0.39 is 0 Å². The summed E-state index contributed by atoms with van der Waals surface area (Å²) in [5, 5.41) is 0. The van der Waals surface area contributed by atoms with Gasteiger partial charge in [0.05, 0.1) is 6.61 Å². The van der Waals surface area contributed by atoms with Gasteiger partial charge in [0.1, 0.15) is 6.61 Å². The molecule has 0 aromatic rings. The Hall–Kier alpha value is -0.890. The first-order valence-electron chi connectivity index (χ1n) is 3.16. The van der Waals surface area contributed by atoms with Crippen molar-refractivity contribution >= 4 is 11.6 Å². The second-order valence-electron chi connectivity index (χ2n) is 1.62. The molecule has 0 spiro atoms. The first-order valence-corrected chi connectivity index (χ1v) is 3.60. The van der Waals surface area contributed by atoms with Gasteiger partial charge < -0.3 is 4.74 Å². The third-order valence-corrected chi connectivity index (χ3v) is 0.931. The van der Waals surface area contributed by atoms with Crippen molar-refractivity contribution in [2.45, 2.75) is 6.42 Å². The molecule has 58 valence electrons. The zero-order chi connectivity index (χ0) is 8.36. The first kappa shape index (κ1) is 10.1. The maximum Gasteiger partial charge on any atom is 0.107 e. The Balaban J connectivity index is 3.17. The Kier molecular flexibility index (Phi) is 8.37. The topological polar surface area (TPSA) is 9.23 Å². The molecule has 0 aliphatic heterocycles. The van der Waals surface area contributed by atoms with Crippen molar-refractivity contribution < 1.29 is 4.74 Å². The normalized spacial score (nSPS) is 8.73. The molecular formula is C9H9ClO. The van der Waals surface area contributed by atoms with Crippen molar-refractivity contribution in [1.29, 1.82) is 0 Å². The third kappa shape index (κ3) is 9.11. The molecule has 0 fully saturated rings. The summed E-state index contributed by atoms with van der Waals surface area (Å²) in [6.45, 7) is 0.931. The van der Waals surface area contributed by atoms with Gasteiger partial charge in [-0.25, -0.2) is 0 Å². The lowest BCUT2D eigenvalue weighted by molar-refractivity contribution is 0.174. The number of terminal acetylenes is 1. The molecule has 0 rings (SSSR count). The van der Waals surface area contributed by atoms with E-state index in [9.17, 15) is 0 Å². The van der Waals surface area contributed by atoms with Crippen LogP contribution in [0.25, 0.3) is 0 Å². The predicted octanol–water partition coefficient (Wildman–Crippen LogP) is 1.78. The lowest BCUT2D eigenvalue weighted by Gasteiger charge is -1.91. The zero-order valence-corrected chi connectivity index (χ0v) is 6.90. The van der Waals surface area contributed by atoms with Gasteiger partial charge >= 0.3 is 0 Å². The quantitative estimate of drug-likeness (QED) is 0.461. The van der Waals surface area contributed by atoms with Crippen molar-refractivity contribution in [3.8, 4) is 24.2 Å². The van der Waals surface area contributed by atoms with Crippen LogP contribution in [0.15, 0.2) is 11.6 Å². The summed E-state index contributed by atoms with van der Waals surface area (Å²) >= 11 is 5.22. The van der Waals surface area contributed by atoms with Crippen LogP contribution < -0.4 is 0 Å². The molecule has 2 heteroatoms. The van der Waals surface area contributed by atoms with Crippen LogP contribution >= 0.6 is 11.6 Å². The summed E-state index contributed by atoms with van der Waals surface area (Å²) in [6.07, 6.45) is 7.21. The van der Waals surface area contributed by atoms with Gasteiger partial charge in [0.25, 0.3) is 0 Å². The van der Waals surface area contributed by atoms with E-state index in [1.54, 1.807) is 6.08 Å². The maximum atomic E-state index is 5.22. The van der Waals surface area contributed by atoms with E-state index in [1.807, 2.05) is 0 Å². The van der Waals surface area contributed by atoms with Crippen LogP contribution in [0.3, 0.4) is 0 Å². The van der Waals surface area contributed by atoms with Crippen LogP contribution in [0.5, 0.6) is 0 Å². The molecule has 0 aliphatic carbocycles. The van der Waals surface area contributed by atoms with E-state index in [1.165, 1.54) is 5.54 Å². The van der Waals surface area contributed by atoms with E-state index in [4.69, 9.17) is 22.8 Å². The minimum atomic E-state index is 0.354. The predicted molar refractivity (Wildman–Crippen MR) is 47.0 cm³/mol. The molecule has 0 bridgehead atoms. The smallest absolute Gasteiger partial charge is 0.107 e. The second-order valence-corrected chi connectivity index (χ2v) is 1.87. The molecule has 0 heterocycles. The Bertz CT molecular complexity index is 202. The summed E-state index contributed by atoms with van der Waals surface area (Å²) in [7, 11) is 0. The largest absolute Gasteiger partial charge is 0.368 e. The number of hydrogen-bond donors (Lipinski definition) is 0. The molecule has 0 saturated heterocycles. The number of hydrogen-bond acceptors (Lipinski definition) is 1. The monoisotopic (exact) mass is 168 g/mol. The fourth-order valence-electron chi connectivity index (χ4n) is 0.417. The molecule has 0 radical (unpaired) electrons. The molecule has 0 aromatic carbocycles. The second kappa shape index (κ2) is 9.11. The summed E-state index contributed by atoms with van der Waals surface area (Å²) in [5.41, 5.74) is 1.37. The van der Waals surface area contributed by atoms with E-state index in [-0.39, 0.29) is 0 Å². The number of allylic oxidation sites excluding steroid dienone is 1. The van der Waals surface area contributed by atoms with Crippen LogP contribution in [0, 0.1) is 24.2 Å². The molecule has 0 aliphatic rings. The summed E-state index contributed by atoms with van der Waals surface area (Å²) < 4.78 is 4.97. The van der Waals surface area contributed by atoms with E-state index >= 15 is 0 Å². The van der Waals surface area contributed by atoms with Gasteiger partial charge in [0, 0.05) is 12.0 Å². The SMILES string of the molecule is C#CCOCCC#C/C=C\Cl. The molecule has 0 unspecified atom stereocenters. The lowest BCUT2D eigenvalue weighted by Crippen LogP contribution is -1.92. The molecular weight excluding hydrogens is 160 g/mol. The Morgan fingerprint density at radius 1 is 1.55 bits per heavy atom. The number of halogens is 1. The van der Waals surface area contributed by atoms with Crippen molar-refractivity contribution in [1.82, 2.24) is 0 Å². The minimum absolute atomic E-state index is 0.354. The van der Waals surface area contributed by atoms with Crippen molar-refractivity contribution in [3.63, 3.8) is 0 Å². The van der Waals surface area contributed by atoms with Crippen LogP contribution in [0.4, 0.5) is 0 Å². The molecule has 11 heavy (non-hydrogen) atoms. The number of rotatable bonds is 3. The lowest BCUT2D eigenvalue weighted by atomic mass is 10.4. The standard InChI is InChI=1S/C9H9ClO/c1-2-8-11-9-6-4-3-5-7-10/h1,5,7H,6,8-9H2/b7-5-. The van der Waals surface area contributed by atoms with Crippen molar-refractivity contribution in [2.75, 3.05) is 13.2 Å². The summed E-state index contributed by atoms with van der Waals surface area (Å²) in [5.74, 6) is 7.91. The van der Waals surface area contributed by atoms with Gasteiger partial charge in [-0.3, -0.25) is 0 Å². The Morgan fingerprint density at radius 2 is 2.36 bits per heavy atom. The molecule has 0 saturated carbocycles. The maximum absolute atomic E-state index is 5.22. The highest BCUT2D eigenvalue weighted by Crippen LogP contribution is 1.80. The van der Waals surface area contributed by atoms with Crippen LogP contribution in [-0.2, 0) is 4.74 Å². The van der Waals surface area contributed by atoms with E-state index in [0.29, 0.717) is 19.6 Å². The zero-order valence-electron chi connectivity index (χ0n) is 6.14. The Labute approximate surface area is 72.4 Å². The van der Waals surface area contributed by atoms with Gasteiger partial charge in [0.15, 0.2) is 0 Å². The van der Waals surface area contributed by atoms with Gasteiger partial charge in [0.2, 0.25) is 0 Å². The van der Waals surface area contributed by atoms with E-state index in [2.05, 4.69) is 17.8 Å². The highest BCUT2D eigenvalue weighted by molar-refractivity contribution is 6.25. The van der Waals surface area contributed by atoms with Crippen LogP contribution in [0.2, 0.25) is 0 Å². The Morgan fingerprint density at radius 3 is 3.00 bits per heavy atom. The average Bonchev–Trinajstić information content (AvgIpc) is 2.03. The fraction of sp³-hybridized carbons (Fsp3) is 0.333. The number of ether oxygens (including phenoxy) is 1. The molecule has 1 nitrogen and oxygen atoms in total. The molecule has 0 aromatic heterocycles. The van der Waals surface area contributed by atoms with Gasteiger partial charge in [-0.1, -0.05) is 29.4 Å². The minimum Gasteiger partial charge on any atom is -0.368 e. The van der Waals surface area contributed by atoms with Gasteiger partial charge in [-0.15, -0.1) is 6.42 Å². The van der Waals surface area contributed by atoms with Crippen molar-refractivity contribution in [2.24, 2.45) is 0 Å². The van der Waals surface area contributed by atoms with E-state index in [0.717, 1.165) is 0 Å². The van der Waals surface area contributed by atoms with Crippen LogP contribution in [-0.4, -0.2) is 13.2 Å². The van der Waals surface area contributed by atoms with Gasteiger partial charge in [-0.05, 0) is 6.08 Å². The third-order valence-electron chi connectivity index (χ3n) is 0.805. The molecule has 0 amide bonds. The summed E-state index contributed by atoms with van der Waals surface area (Å²) in [6, 6.07) is 0. The molecule has 0 N–H and O–H groups in total. The van der Waals surface area contributed by atoms with Gasteiger partial charge in [-0.2, -0.15) is 0 Å². The van der Waals surface area contributed by atoms with Crippen molar-refractivity contribution in [3.05, 3.63) is 11.6 Å². The highest BCUT2D eigenvalue weighted by Gasteiger charge is 1.78. The summed E-state index contributed by atoms with van der Waals surface area (Å²) in [4.78, 5) is 0.